The molecule has 64 heavy (non-hydrogen) atoms. The second-order valence-electron chi connectivity index (χ2n) is 11.7. The van der Waals surface area contributed by atoms with Gasteiger partial charge in [0.15, 0.2) is 9.84 Å². The first kappa shape index (κ1) is 63.8. The van der Waals surface area contributed by atoms with Gasteiger partial charge in [0, 0.05) is 24.4 Å². The Labute approximate surface area is 468 Å². The second-order valence-corrected chi connectivity index (χ2v) is 18.8. The van der Waals surface area contributed by atoms with Crippen molar-refractivity contribution in [3.63, 3.8) is 0 Å². The van der Waals surface area contributed by atoms with E-state index in [4.69, 9.17) is 17.3 Å². The SMILES string of the molecule is CC[N+](CCS(=O)(=O)[O-])(c1cccc(NC(C)=O)c1)c1nc(Cl)nc(Nc2cc(N)c(SOO[O-])cc2N=Nc2ccc(S(=O)(=O)CCS(=O)(=O)O[O-])cc2SOO[O-])n1.[Na+].[Na+].[Na+].[Na+]. The Balaban J connectivity index is 0.00000992. The molecule has 1 unspecified atom stereocenters. The molecular weight excluding hydrogens is 1020 g/mol. The van der Waals surface area contributed by atoms with Gasteiger partial charge in [-0.3, -0.25) is 14.9 Å². The number of nitrogen functional groups attached to an aromatic ring is 1. The van der Waals surface area contributed by atoms with Crippen LogP contribution >= 0.6 is 35.7 Å². The first-order chi connectivity index (χ1) is 28.2. The summed E-state index contributed by atoms with van der Waals surface area (Å²) >= 11 is 6.96. The number of nitrogens with zero attached hydrogens (tertiary/aromatic N) is 6. The molecule has 1 atom stereocenters. The van der Waals surface area contributed by atoms with E-state index in [2.05, 4.69) is 58.9 Å². The number of azo groups is 1. The molecule has 0 aliphatic carbocycles. The van der Waals surface area contributed by atoms with E-state index in [1.165, 1.54) is 25.1 Å². The standard InChI is InChI=1S/C29H32ClN9O16S5.4Na/c1-3-39(9-10-59(46,47)48,19-6-4-5-18(13-19)32-17(2)40)29-35-27(30)34-28(36-29)33-23-15-21(31)25(56-54-51-41)16-24(23)38-37-22-8-7-20(14-26(22)57-55-52-42)58(44,45)11-12-60(49,50)53-43;;;;/h4-8,13-16H,3,9-12,31H2,1-2H3,(H5-,32,33,34,35,36,40,41,42,43,46,47,48);;;;/q;4*+1/p-3. The van der Waals surface area contributed by atoms with Crippen LogP contribution in [0.2, 0.25) is 5.28 Å². The Morgan fingerprint density at radius 1 is 0.844 bits per heavy atom. The van der Waals surface area contributed by atoms with Gasteiger partial charge < -0.3 is 41.0 Å². The maximum absolute atomic E-state index is 12.9. The largest absolute Gasteiger partial charge is 1.00 e. The van der Waals surface area contributed by atoms with Gasteiger partial charge in [-0.15, -0.1) is 20.2 Å². The normalized spacial score (nSPS) is 12.5. The van der Waals surface area contributed by atoms with Crippen LogP contribution in [0.25, 0.3) is 0 Å². The van der Waals surface area contributed by atoms with E-state index in [0.717, 1.165) is 18.2 Å². The van der Waals surface area contributed by atoms with Crippen LogP contribution < -0.4 is 155 Å². The van der Waals surface area contributed by atoms with E-state index >= 15 is 0 Å². The molecule has 0 fully saturated rings. The molecule has 0 bridgehead atoms. The summed E-state index contributed by atoms with van der Waals surface area (Å²) in [4.78, 5) is 24.1. The van der Waals surface area contributed by atoms with Gasteiger partial charge in [-0.2, -0.15) is 13.7 Å². The quantitative estimate of drug-likeness (QED) is 0.00961. The van der Waals surface area contributed by atoms with Crippen molar-refractivity contribution < 1.29 is 192 Å². The molecule has 4 rings (SSSR count). The van der Waals surface area contributed by atoms with Crippen molar-refractivity contribution in [1.82, 2.24) is 19.4 Å². The van der Waals surface area contributed by atoms with Gasteiger partial charge in [-0.25, -0.2) is 29.7 Å². The number of sulfone groups is 1. The molecule has 35 heteroatoms. The summed E-state index contributed by atoms with van der Waals surface area (Å²) in [6.07, 6.45) is 0. The molecule has 1 heterocycles. The number of quaternary nitrogens is 1. The van der Waals surface area contributed by atoms with Gasteiger partial charge in [0.1, 0.15) is 33.7 Å². The minimum absolute atomic E-state index is 0. The summed E-state index contributed by atoms with van der Waals surface area (Å²) in [6.45, 7) is 2.61. The Hall–Kier alpha value is -0.220. The van der Waals surface area contributed by atoms with Crippen molar-refractivity contribution in [2.24, 2.45) is 10.2 Å². The number of amides is 1. The molecule has 1 amide bonds. The van der Waals surface area contributed by atoms with E-state index in [9.17, 15) is 50.4 Å². The number of hydrogen-bond donors (Lipinski definition) is 3. The fourth-order valence-corrected chi connectivity index (χ4v) is 9.33. The zero-order valence-corrected chi connectivity index (χ0v) is 47.3. The van der Waals surface area contributed by atoms with E-state index in [1.54, 1.807) is 25.1 Å². The first-order valence-corrected chi connectivity index (χ1v) is 22.8. The first-order valence-electron chi connectivity index (χ1n) is 16.1. The third-order valence-corrected chi connectivity index (χ3v) is 12.9. The molecule has 0 saturated heterocycles. The Morgan fingerprint density at radius 3 is 2.08 bits per heavy atom. The number of nitrogens with one attached hydrogen (secondary N) is 2. The molecule has 25 nitrogen and oxygen atoms in total. The molecule has 0 radical (unpaired) electrons. The van der Waals surface area contributed by atoms with Crippen molar-refractivity contribution in [2.45, 2.75) is 28.5 Å². The Kier molecular flexibility index (Phi) is 29.0. The zero-order valence-electron chi connectivity index (χ0n) is 34.4. The average molecular weight is 1050 g/mol. The molecule has 0 aliphatic heterocycles. The van der Waals surface area contributed by atoms with Gasteiger partial charge in [0.2, 0.25) is 17.1 Å². The van der Waals surface area contributed by atoms with Crippen molar-refractivity contribution in [3.05, 3.63) is 59.9 Å². The molecule has 1 aromatic heterocycles. The fraction of sp³-hybridized carbons (Fsp3) is 0.241. The molecule has 326 valence electrons. The predicted octanol–water partition coefficient (Wildman–Crippen LogP) is -10.7. The molecule has 3 aromatic carbocycles. The minimum Gasteiger partial charge on any atom is -0.748 e. The number of carbonyl (C=O) groups is 1. The third-order valence-electron chi connectivity index (χ3n) is 7.84. The van der Waals surface area contributed by atoms with Gasteiger partial charge >= 0.3 is 124 Å². The monoisotopic (exact) mass is 1050 g/mol. The van der Waals surface area contributed by atoms with Crippen LogP contribution in [-0.2, 0) is 57.9 Å². The zero-order chi connectivity index (χ0) is 44.3. The van der Waals surface area contributed by atoms with Gasteiger partial charge in [-0.1, -0.05) is 6.07 Å². The third kappa shape index (κ3) is 18.9. The van der Waals surface area contributed by atoms with Crippen LogP contribution in [0.5, 0.6) is 0 Å². The topological polar surface area (TPSA) is 371 Å². The number of halogens is 1. The predicted molar refractivity (Wildman–Crippen MR) is 205 cm³/mol. The maximum Gasteiger partial charge on any atom is 1.00 e. The number of benzene rings is 3. The molecule has 4 aromatic rings. The molecular formula is C29H29ClN9Na4O16S5+. The van der Waals surface area contributed by atoms with Gasteiger partial charge in [-0.05, 0) is 61.0 Å². The summed E-state index contributed by atoms with van der Waals surface area (Å²) < 4.78 is 95.6. The molecule has 0 spiro atoms. The van der Waals surface area contributed by atoms with E-state index in [0.29, 0.717) is 23.4 Å². The number of aromatic nitrogens is 3. The Morgan fingerprint density at radius 2 is 1.48 bits per heavy atom. The maximum atomic E-state index is 12.9. The van der Waals surface area contributed by atoms with Gasteiger partial charge in [0.05, 0.1) is 68.3 Å². The van der Waals surface area contributed by atoms with Gasteiger partial charge in [0.25, 0.3) is 10.1 Å². The molecule has 4 N–H and O–H groups in total. The number of carbonyl (C=O) groups excluding carboxylic acids is 1. The molecule has 0 saturated carbocycles. The minimum atomic E-state index is -4.79. The van der Waals surface area contributed by atoms with Crippen LogP contribution in [0, 0.1) is 0 Å². The Bertz CT molecular complexity index is 2580. The van der Waals surface area contributed by atoms with Crippen LogP contribution in [0.4, 0.5) is 46.0 Å². The van der Waals surface area contributed by atoms with Crippen LogP contribution in [0.15, 0.2) is 79.5 Å². The van der Waals surface area contributed by atoms with Crippen LogP contribution in [-0.4, -0.2) is 81.0 Å². The number of rotatable bonds is 22. The summed E-state index contributed by atoms with van der Waals surface area (Å²) in [5.41, 5.74) is 6.54. The summed E-state index contributed by atoms with van der Waals surface area (Å²) in [5.74, 6) is -3.92. The second kappa shape index (κ2) is 29.1. The van der Waals surface area contributed by atoms with Crippen molar-refractivity contribution in [3.8, 4) is 0 Å². The summed E-state index contributed by atoms with van der Waals surface area (Å²) in [5, 5.41) is 51.8. The van der Waals surface area contributed by atoms with Crippen LogP contribution in [0.3, 0.4) is 0 Å². The fourth-order valence-electron chi connectivity index (χ4n) is 5.11. The van der Waals surface area contributed by atoms with Crippen molar-refractivity contribution >= 4 is 118 Å². The number of anilines is 4. The average Bonchev–Trinajstić information content (AvgIpc) is 3.18. The van der Waals surface area contributed by atoms with Crippen molar-refractivity contribution in [2.75, 3.05) is 46.7 Å². The van der Waals surface area contributed by atoms with Crippen LogP contribution in [0.1, 0.15) is 13.8 Å². The number of hydrogen-bond acceptors (Lipinski definition) is 25. The van der Waals surface area contributed by atoms with Crippen molar-refractivity contribution in [1.29, 1.82) is 0 Å². The summed E-state index contributed by atoms with van der Waals surface area (Å²) in [7, 11) is -13.9. The smallest absolute Gasteiger partial charge is 0.748 e. The van der Waals surface area contributed by atoms with E-state index in [-0.39, 0.29) is 188 Å². The molecule has 0 aliphatic rings. The number of nitrogens with two attached hydrogens (primary N) is 1. The summed E-state index contributed by atoms with van der Waals surface area (Å²) in [6, 6.07) is 11.9. The van der Waals surface area contributed by atoms with E-state index in [1.807, 2.05) is 0 Å². The van der Waals surface area contributed by atoms with E-state index < -0.39 is 67.9 Å².